The van der Waals surface area contributed by atoms with E-state index >= 15 is 0 Å². The minimum absolute atomic E-state index is 0.0617. The number of nitriles is 1. The average Bonchev–Trinajstić information content (AvgIpc) is 3.26. The Morgan fingerprint density at radius 2 is 1.75 bits per heavy atom. The molecule has 1 heterocycles. The van der Waals surface area contributed by atoms with Gasteiger partial charge in [-0.3, -0.25) is 9.59 Å². The van der Waals surface area contributed by atoms with Gasteiger partial charge in [-0.2, -0.15) is 5.26 Å². The molecule has 3 rings (SSSR count). The highest BCUT2D eigenvalue weighted by Gasteiger charge is 2.21. The first-order valence-corrected chi connectivity index (χ1v) is 9.15. The van der Waals surface area contributed by atoms with Crippen molar-refractivity contribution in [2.75, 3.05) is 25.0 Å². The lowest BCUT2D eigenvalue weighted by Crippen LogP contribution is -2.28. The number of nitrogens with one attached hydrogen (secondary N) is 1. The minimum atomic E-state index is -0.293. The molecular weight excluding hydrogens is 354 g/mol. The summed E-state index contributed by atoms with van der Waals surface area (Å²) in [6, 6.07) is 18.1. The van der Waals surface area contributed by atoms with E-state index in [1.165, 1.54) is 6.08 Å². The van der Waals surface area contributed by atoms with Crippen LogP contribution >= 0.6 is 0 Å². The van der Waals surface area contributed by atoms with Crippen molar-refractivity contribution in [3.63, 3.8) is 0 Å². The first-order chi connectivity index (χ1) is 13.7. The second-order valence-electron chi connectivity index (χ2n) is 6.41. The van der Waals surface area contributed by atoms with Crippen molar-refractivity contribution in [3.05, 3.63) is 65.7 Å². The number of carbonyl (C=O) groups is 2. The zero-order valence-corrected chi connectivity index (χ0v) is 15.4. The molecule has 0 aliphatic carbocycles. The van der Waals surface area contributed by atoms with Gasteiger partial charge in [-0.15, -0.1) is 0 Å². The summed E-state index contributed by atoms with van der Waals surface area (Å²) in [4.78, 5) is 26.3. The molecule has 1 fully saturated rings. The molecular formula is C22H21N3O3. The maximum absolute atomic E-state index is 12.5. The van der Waals surface area contributed by atoms with Gasteiger partial charge in [-0.05, 0) is 37.1 Å². The van der Waals surface area contributed by atoms with Crippen LogP contribution in [0.1, 0.15) is 18.4 Å². The van der Waals surface area contributed by atoms with Gasteiger partial charge in [0.05, 0.1) is 0 Å². The third-order valence-corrected chi connectivity index (χ3v) is 4.38. The van der Waals surface area contributed by atoms with Gasteiger partial charge in [0.2, 0.25) is 0 Å². The molecule has 0 bridgehead atoms. The van der Waals surface area contributed by atoms with Crippen molar-refractivity contribution in [2.24, 2.45) is 0 Å². The summed E-state index contributed by atoms with van der Waals surface area (Å²) in [7, 11) is 0. The number of nitrogens with zero attached hydrogens (tertiary/aromatic N) is 2. The molecule has 1 N–H and O–H groups in total. The Kier molecular flexibility index (Phi) is 6.42. The molecule has 0 atom stereocenters. The quantitative estimate of drug-likeness (QED) is 0.621. The summed E-state index contributed by atoms with van der Waals surface area (Å²) >= 11 is 0. The van der Waals surface area contributed by atoms with Crippen LogP contribution in [0.25, 0.3) is 6.08 Å². The van der Waals surface area contributed by atoms with E-state index in [1.54, 1.807) is 41.3 Å². The number of hydrogen-bond acceptors (Lipinski definition) is 4. The molecule has 1 saturated heterocycles. The van der Waals surface area contributed by atoms with E-state index in [9.17, 15) is 14.9 Å². The van der Waals surface area contributed by atoms with E-state index in [2.05, 4.69) is 5.32 Å². The lowest BCUT2D eigenvalue weighted by molar-refractivity contribution is -0.125. The van der Waals surface area contributed by atoms with Crippen molar-refractivity contribution >= 4 is 23.6 Å². The average molecular weight is 375 g/mol. The van der Waals surface area contributed by atoms with E-state index in [4.69, 9.17) is 4.74 Å². The number of amides is 2. The van der Waals surface area contributed by atoms with Crippen molar-refractivity contribution in [2.45, 2.75) is 12.8 Å². The number of para-hydroxylation sites is 2. The molecule has 2 amide bonds. The maximum atomic E-state index is 12.5. The normalized spacial score (nSPS) is 13.7. The Labute approximate surface area is 164 Å². The maximum Gasteiger partial charge on any atom is 0.264 e. The number of hydrogen-bond donors (Lipinski definition) is 1. The number of likely N-dealkylation sites (tertiary alicyclic amines) is 1. The van der Waals surface area contributed by atoms with E-state index in [-0.39, 0.29) is 24.0 Å². The lowest BCUT2D eigenvalue weighted by atomic mass is 10.1. The molecule has 0 saturated carbocycles. The van der Waals surface area contributed by atoms with Crippen LogP contribution in [-0.2, 0) is 9.59 Å². The second kappa shape index (κ2) is 9.38. The topological polar surface area (TPSA) is 82.4 Å². The molecule has 1 aliphatic heterocycles. The van der Waals surface area contributed by atoms with Gasteiger partial charge in [-0.25, -0.2) is 0 Å². The Morgan fingerprint density at radius 3 is 2.46 bits per heavy atom. The highest BCUT2D eigenvalue weighted by Crippen LogP contribution is 2.22. The van der Waals surface area contributed by atoms with Crippen LogP contribution in [-0.4, -0.2) is 36.4 Å². The number of carbonyl (C=O) groups excluding carboxylic acids is 2. The van der Waals surface area contributed by atoms with E-state index < -0.39 is 0 Å². The van der Waals surface area contributed by atoms with Crippen LogP contribution in [0, 0.1) is 11.3 Å². The van der Waals surface area contributed by atoms with E-state index in [1.807, 2.05) is 24.3 Å². The van der Waals surface area contributed by atoms with Gasteiger partial charge in [0, 0.05) is 24.3 Å². The van der Waals surface area contributed by atoms with Gasteiger partial charge in [0.25, 0.3) is 11.8 Å². The summed E-state index contributed by atoms with van der Waals surface area (Å²) in [6.45, 7) is 1.17. The van der Waals surface area contributed by atoms with E-state index in [0.29, 0.717) is 30.1 Å². The summed E-state index contributed by atoms with van der Waals surface area (Å²) in [5, 5.41) is 12.2. The third kappa shape index (κ3) is 4.98. The van der Waals surface area contributed by atoms with Gasteiger partial charge in [-0.1, -0.05) is 36.4 Å². The first-order valence-electron chi connectivity index (χ1n) is 9.15. The number of rotatable bonds is 6. The zero-order valence-electron chi connectivity index (χ0n) is 15.4. The molecule has 0 radical (unpaired) electrons. The molecule has 1 aliphatic rings. The second-order valence-corrected chi connectivity index (χ2v) is 6.41. The molecule has 2 aromatic rings. The highest BCUT2D eigenvalue weighted by atomic mass is 16.5. The van der Waals surface area contributed by atoms with Crippen LogP contribution in [0.2, 0.25) is 0 Å². The number of ether oxygens (including phenoxy) is 1. The summed E-state index contributed by atoms with van der Waals surface area (Å²) in [5.74, 6) is -0.122. The van der Waals surface area contributed by atoms with Crippen molar-refractivity contribution < 1.29 is 14.3 Å². The Hall–Kier alpha value is -3.59. The standard InChI is InChI=1S/C22H21N3O3/c23-15-18(22(27)25-12-6-7-13-25)14-17-8-4-5-11-20(17)28-16-21(26)24-19-9-2-1-3-10-19/h1-5,8-11,14H,6-7,12-13,16H2,(H,24,26)/b18-14+. The minimum Gasteiger partial charge on any atom is -0.483 e. The zero-order chi connectivity index (χ0) is 19.8. The van der Waals surface area contributed by atoms with Crippen LogP contribution in [0.5, 0.6) is 5.75 Å². The van der Waals surface area contributed by atoms with Crippen LogP contribution in [0.4, 0.5) is 5.69 Å². The third-order valence-electron chi connectivity index (χ3n) is 4.38. The van der Waals surface area contributed by atoms with Crippen molar-refractivity contribution in [3.8, 4) is 11.8 Å². The SMILES string of the molecule is N#C/C(=C\c1ccccc1OCC(=O)Nc1ccccc1)C(=O)N1CCCC1. The molecule has 0 unspecified atom stereocenters. The molecule has 6 heteroatoms. The smallest absolute Gasteiger partial charge is 0.264 e. The highest BCUT2D eigenvalue weighted by molar-refractivity contribution is 6.02. The summed E-state index contributed by atoms with van der Waals surface area (Å²) in [5.41, 5.74) is 1.33. The summed E-state index contributed by atoms with van der Waals surface area (Å²) < 4.78 is 5.63. The Balaban J connectivity index is 1.69. The van der Waals surface area contributed by atoms with E-state index in [0.717, 1.165) is 12.8 Å². The van der Waals surface area contributed by atoms with Crippen molar-refractivity contribution in [1.29, 1.82) is 5.26 Å². The van der Waals surface area contributed by atoms with Gasteiger partial charge in [0.15, 0.2) is 6.61 Å². The molecule has 6 nitrogen and oxygen atoms in total. The predicted molar refractivity (Wildman–Crippen MR) is 106 cm³/mol. The first kappa shape index (κ1) is 19.2. The lowest BCUT2D eigenvalue weighted by Gasteiger charge is -2.14. The predicted octanol–water partition coefficient (Wildman–Crippen LogP) is 3.23. The fourth-order valence-electron chi connectivity index (χ4n) is 2.98. The molecule has 2 aromatic carbocycles. The molecule has 28 heavy (non-hydrogen) atoms. The monoisotopic (exact) mass is 375 g/mol. The van der Waals surface area contributed by atoms with Gasteiger partial charge >= 0.3 is 0 Å². The van der Waals surface area contributed by atoms with Crippen LogP contribution in [0.3, 0.4) is 0 Å². The van der Waals surface area contributed by atoms with Crippen LogP contribution < -0.4 is 10.1 Å². The number of anilines is 1. The Bertz CT molecular complexity index is 910. The van der Waals surface area contributed by atoms with Gasteiger partial charge < -0.3 is 15.0 Å². The fraction of sp³-hybridized carbons (Fsp3) is 0.227. The largest absolute Gasteiger partial charge is 0.483 e. The summed E-state index contributed by atoms with van der Waals surface area (Å²) in [6.07, 6.45) is 3.44. The molecule has 0 spiro atoms. The van der Waals surface area contributed by atoms with Crippen molar-refractivity contribution in [1.82, 2.24) is 4.90 Å². The molecule has 142 valence electrons. The molecule has 0 aromatic heterocycles. The Morgan fingerprint density at radius 1 is 1.07 bits per heavy atom. The van der Waals surface area contributed by atoms with Crippen LogP contribution in [0.15, 0.2) is 60.2 Å². The van der Waals surface area contributed by atoms with Gasteiger partial charge in [0.1, 0.15) is 17.4 Å². The fourth-order valence-corrected chi connectivity index (χ4v) is 2.98. The number of benzene rings is 2.